The van der Waals surface area contributed by atoms with Crippen molar-refractivity contribution in [2.75, 3.05) is 6.61 Å². The molecule has 0 bridgehead atoms. The minimum absolute atomic E-state index is 0.112. The van der Waals surface area contributed by atoms with Crippen LogP contribution in [0.4, 0.5) is 0 Å². The summed E-state index contributed by atoms with van der Waals surface area (Å²) in [5, 5.41) is 9.49. The van der Waals surface area contributed by atoms with E-state index in [-0.39, 0.29) is 5.92 Å². The first-order chi connectivity index (χ1) is 6.16. The fraction of sp³-hybridized carbons (Fsp3) is 0.889. The van der Waals surface area contributed by atoms with Crippen molar-refractivity contribution >= 4 is 5.97 Å². The predicted molar refractivity (Wildman–Crippen MR) is 48.0 cm³/mol. The van der Waals surface area contributed by atoms with Gasteiger partial charge in [-0.15, -0.1) is 0 Å². The smallest absolute Gasteiger partial charge is 0.323 e. The molecule has 1 aliphatic carbocycles. The zero-order chi connectivity index (χ0) is 9.84. The SMILES string of the molecule is CCOC(=O)C(N)C1CCCC1O. The summed E-state index contributed by atoms with van der Waals surface area (Å²) in [6, 6.07) is -0.655. The highest BCUT2D eigenvalue weighted by molar-refractivity contribution is 5.76. The molecule has 13 heavy (non-hydrogen) atoms. The minimum Gasteiger partial charge on any atom is -0.465 e. The van der Waals surface area contributed by atoms with Crippen molar-refractivity contribution in [3.05, 3.63) is 0 Å². The zero-order valence-electron chi connectivity index (χ0n) is 7.90. The van der Waals surface area contributed by atoms with E-state index in [0.29, 0.717) is 6.61 Å². The summed E-state index contributed by atoms with van der Waals surface area (Å²) in [4.78, 5) is 11.2. The summed E-state index contributed by atoms with van der Waals surface area (Å²) in [5.74, 6) is -0.507. The summed E-state index contributed by atoms with van der Waals surface area (Å²) in [7, 11) is 0. The minimum atomic E-state index is -0.655. The molecular formula is C9H17NO3. The number of carbonyl (C=O) groups excluding carboxylic acids is 1. The van der Waals surface area contributed by atoms with Crippen LogP contribution in [0.2, 0.25) is 0 Å². The number of ether oxygens (including phenoxy) is 1. The van der Waals surface area contributed by atoms with Gasteiger partial charge in [0.1, 0.15) is 6.04 Å². The first kappa shape index (κ1) is 10.5. The maximum absolute atomic E-state index is 11.2. The van der Waals surface area contributed by atoms with Crippen LogP contribution in [-0.2, 0) is 9.53 Å². The zero-order valence-corrected chi connectivity index (χ0v) is 7.90. The molecule has 0 radical (unpaired) electrons. The molecule has 76 valence electrons. The van der Waals surface area contributed by atoms with Crippen molar-refractivity contribution in [3.8, 4) is 0 Å². The third-order valence-corrected chi connectivity index (χ3v) is 2.55. The van der Waals surface area contributed by atoms with Gasteiger partial charge in [0.25, 0.3) is 0 Å². The highest BCUT2D eigenvalue weighted by Gasteiger charge is 2.34. The first-order valence-corrected chi connectivity index (χ1v) is 4.77. The number of aliphatic hydroxyl groups excluding tert-OH is 1. The fourth-order valence-corrected chi connectivity index (χ4v) is 1.80. The third-order valence-electron chi connectivity index (χ3n) is 2.55. The number of nitrogens with two attached hydrogens (primary N) is 1. The molecule has 0 amide bonds. The Kier molecular flexibility index (Phi) is 3.69. The van der Waals surface area contributed by atoms with E-state index in [2.05, 4.69) is 0 Å². The Hall–Kier alpha value is -0.610. The van der Waals surface area contributed by atoms with Crippen molar-refractivity contribution in [1.82, 2.24) is 0 Å². The first-order valence-electron chi connectivity index (χ1n) is 4.77. The largest absolute Gasteiger partial charge is 0.465 e. The molecule has 3 N–H and O–H groups in total. The van der Waals surface area contributed by atoms with E-state index in [4.69, 9.17) is 10.5 Å². The van der Waals surface area contributed by atoms with Crippen LogP contribution in [0.5, 0.6) is 0 Å². The number of aliphatic hydroxyl groups is 1. The fourth-order valence-electron chi connectivity index (χ4n) is 1.80. The molecule has 4 nitrogen and oxygen atoms in total. The average Bonchev–Trinajstić information content (AvgIpc) is 2.50. The Morgan fingerprint density at radius 3 is 2.85 bits per heavy atom. The van der Waals surface area contributed by atoms with Gasteiger partial charge >= 0.3 is 5.97 Å². The van der Waals surface area contributed by atoms with Crippen LogP contribution in [0.1, 0.15) is 26.2 Å². The third kappa shape index (κ3) is 2.42. The van der Waals surface area contributed by atoms with Crippen LogP contribution < -0.4 is 5.73 Å². The van der Waals surface area contributed by atoms with Gasteiger partial charge in [-0.05, 0) is 19.8 Å². The number of hydrogen-bond acceptors (Lipinski definition) is 4. The molecule has 0 saturated heterocycles. The van der Waals surface area contributed by atoms with E-state index < -0.39 is 18.1 Å². The lowest BCUT2D eigenvalue weighted by Crippen LogP contribution is -2.42. The molecule has 3 unspecified atom stereocenters. The molecule has 0 aromatic rings. The van der Waals surface area contributed by atoms with Gasteiger partial charge in [0.15, 0.2) is 0 Å². The van der Waals surface area contributed by atoms with Crippen molar-refractivity contribution in [2.24, 2.45) is 11.7 Å². The van der Waals surface area contributed by atoms with Gasteiger partial charge in [0.05, 0.1) is 12.7 Å². The van der Waals surface area contributed by atoms with Crippen molar-refractivity contribution < 1.29 is 14.6 Å². The Morgan fingerprint density at radius 1 is 1.69 bits per heavy atom. The normalized spacial score (nSPS) is 30.1. The predicted octanol–water partition coefficient (Wildman–Crippen LogP) is 0.0378. The van der Waals surface area contributed by atoms with Crippen LogP contribution in [0.25, 0.3) is 0 Å². The molecule has 0 aromatic heterocycles. The number of esters is 1. The summed E-state index contributed by atoms with van der Waals surface area (Å²) < 4.78 is 4.79. The maximum atomic E-state index is 11.2. The average molecular weight is 187 g/mol. The summed E-state index contributed by atoms with van der Waals surface area (Å²) in [6.45, 7) is 2.09. The van der Waals surface area contributed by atoms with Gasteiger partial charge in [0.2, 0.25) is 0 Å². The van der Waals surface area contributed by atoms with E-state index in [9.17, 15) is 9.90 Å². The van der Waals surface area contributed by atoms with Crippen LogP contribution >= 0.6 is 0 Å². The second kappa shape index (κ2) is 4.58. The van der Waals surface area contributed by atoms with E-state index in [1.165, 1.54) is 0 Å². The topological polar surface area (TPSA) is 72.5 Å². The van der Waals surface area contributed by atoms with Crippen LogP contribution in [0.15, 0.2) is 0 Å². The Bertz CT molecular complexity index is 184. The summed E-state index contributed by atoms with van der Waals surface area (Å²) in [5.41, 5.74) is 5.66. The Balaban J connectivity index is 2.45. The second-order valence-corrected chi connectivity index (χ2v) is 3.44. The molecule has 0 aliphatic heterocycles. The number of hydrogen-bond donors (Lipinski definition) is 2. The number of rotatable bonds is 3. The highest BCUT2D eigenvalue weighted by atomic mass is 16.5. The quantitative estimate of drug-likeness (QED) is 0.612. The van der Waals surface area contributed by atoms with Gasteiger partial charge in [-0.3, -0.25) is 4.79 Å². The Labute approximate surface area is 78.1 Å². The molecule has 1 fully saturated rings. The molecule has 4 heteroatoms. The number of carbonyl (C=O) groups is 1. The van der Waals surface area contributed by atoms with Crippen LogP contribution in [-0.4, -0.2) is 29.8 Å². The van der Waals surface area contributed by atoms with Crippen molar-refractivity contribution in [1.29, 1.82) is 0 Å². The monoisotopic (exact) mass is 187 g/mol. The van der Waals surface area contributed by atoms with Gasteiger partial charge in [0, 0.05) is 5.92 Å². The maximum Gasteiger partial charge on any atom is 0.323 e. The lowest BCUT2D eigenvalue weighted by Gasteiger charge is -2.20. The van der Waals surface area contributed by atoms with Gasteiger partial charge in [-0.25, -0.2) is 0 Å². The van der Waals surface area contributed by atoms with Gasteiger partial charge in [-0.2, -0.15) is 0 Å². The van der Waals surface area contributed by atoms with E-state index in [0.717, 1.165) is 19.3 Å². The second-order valence-electron chi connectivity index (χ2n) is 3.44. The van der Waals surface area contributed by atoms with E-state index in [1.807, 2.05) is 0 Å². The molecule has 3 atom stereocenters. The van der Waals surface area contributed by atoms with Gasteiger partial charge < -0.3 is 15.6 Å². The lowest BCUT2D eigenvalue weighted by molar-refractivity contribution is -0.147. The lowest BCUT2D eigenvalue weighted by atomic mass is 9.97. The van der Waals surface area contributed by atoms with Crippen molar-refractivity contribution in [3.63, 3.8) is 0 Å². The standard InChI is InChI=1S/C9H17NO3/c1-2-13-9(12)8(10)6-4-3-5-7(6)11/h6-8,11H,2-5,10H2,1H3. The van der Waals surface area contributed by atoms with E-state index in [1.54, 1.807) is 6.92 Å². The summed E-state index contributed by atoms with van der Waals surface area (Å²) >= 11 is 0. The molecule has 0 aromatic carbocycles. The molecule has 1 rings (SSSR count). The van der Waals surface area contributed by atoms with Crippen molar-refractivity contribution in [2.45, 2.75) is 38.3 Å². The molecular weight excluding hydrogens is 170 g/mol. The molecule has 1 saturated carbocycles. The molecule has 1 aliphatic rings. The van der Waals surface area contributed by atoms with Gasteiger partial charge in [-0.1, -0.05) is 6.42 Å². The van der Waals surface area contributed by atoms with Crippen LogP contribution in [0, 0.1) is 5.92 Å². The Morgan fingerprint density at radius 2 is 2.38 bits per heavy atom. The molecule has 0 spiro atoms. The molecule has 0 heterocycles. The summed E-state index contributed by atoms with van der Waals surface area (Å²) in [6.07, 6.45) is 2.08. The van der Waals surface area contributed by atoms with E-state index >= 15 is 0 Å². The highest BCUT2D eigenvalue weighted by Crippen LogP contribution is 2.27. The van der Waals surface area contributed by atoms with Crippen LogP contribution in [0.3, 0.4) is 0 Å².